The van der Waals surface area contributed by atoms with Crippen molar-refractivity contribution < 1.29 is 0 Å². The summed E-state index contributed by atoms with van der Waals surface area (Å²) in [6, 6.07) is 0. The molecule has 0 spiro atoms. The van der Waals surface area contributed by atoms with Crippen LogP contribution in [0.15, 0.2) is 19.0 Å². The van der Waals surface area contributed by atoms with Crippen LogP contribution < -0.4 is 0 Å². The van der Waals surface area contributed by atoms with Crippen LogP contribution in [0.2, 0.25) is 0 Å². The standard InChI is InChI=1S/C6H5N3/c1-3-9-5-6(7-2)4-8-9/h3-5H,1H2. The van der Waals surface area contributed by atoms with Gasteiger partial charge >= 0.3 is 0 Å². The molecular weight excluding hydrogens is 114 g/mol. The summed E-state index contributed by atoms with van der Waals surface area (Å²) >= 11 is 0. The fourth-order valence-electron chi connectivity index (χ4n) is 0.486. The van der Waals surface area contributed by atoms with Crippen LogP contribution in [-0.4, -0.2) is 9.78 Å². The Bertz CT molecular complexity index is 254. The van der Waals surface area contributed by atoms with E-state index >= 15 is 0 Å². The lowest BCUT2D eigenvalue weighted by molar-refractivity contribution is 0.937. The van der Waals surface area contributed by atoms with Crippen LogP contribution in [0.25, 0.3) is 11.0 Å². The summed E-state index contributed by atoms with van der Waals surface area (Å²) in [5.74, 6) is 0. The number of rotatable bonds is 1. The van der Waals surface area contributed by atoms with Crippen molar-refractivity contribution in [3.8, 4) is 0 Å². The number of aromatic nitrogens is 2. The van der Waals surface area contributed by atoms with Crippen molar-refractivity contribution in [2.45, 2.75) is 0 Å². The molecule has 0 fully saturated rings. The second-order valence-electron chi connectivity index (χ2n) is 1.47. The van der Waals surface area contributed by atoms with E-state index in [1.165, 1.54) is 17.1 Å². The third-order valence-corrected chi connectivity index (χ3v) is 0.904. The predicted octanol–water partition coefficient (Wildman–Crippen LogP) is 1.53. The molecule has 0 atom stereocenters. The summed E-state index contributed by atoms with van der Waals surface area (Å²) in [6.45, 7) is 10.0. The quantitative estimate of drug-likeness (QED) is 0.514. The maximum absolute atomic E-state index is 6.57. The Morgan fingerprint density at radius 1 is 1.89 bits per heavy atom. The zero-order chi connectivity index (χ0) is 6.69. The van der Waals surface area contributed by atoms with Crippen molar-refractivity contribution >= 4 is 11.9 Å². The van der Waals surface area contributed by atoms with Gasteiger partial charge in [0.05, 0.1) is 12.8 Å². The highest BCUT2D eigenvalue weighted by atomic mass is 15.3. The highest BCUT2D eigenvalue weighted by Gasteiger charge is 1.90. The van der Waals surface area contributed by atoms with Gasteiger partial charge in [-0.3, -0.25) is 4.68 Å². The van der Waals surface area contributed by atoms with E-state index in [1.807, 2.05) is 0 Å². The summed E-state index contributed by atoms with van der Waals surface area (Å²) in [6.07, 6.45) is 4.64. The minimum absolute atomic E-state index is 0.537. The fraction of sp³-hybridized carbons (Fsp3) is 0. The molecule has 0 bridgehead atoms. The molecule has 0 aliphatic carbocycles. The molecule has 0 aliphatic rings. The van der Waals surface area contributed by atoms with Gasteiger partial charge in [0, 0.05) is 12.4 Å². The zero-order valence-corrected chi connectivity index (χ0v) is 4.78. The number of hydrogen-bond acceptors (Lipinski definition) is 1. The van der Waals surface area contributed by atoms with Crippen molar-refractivity contribution in [1.29, 1.82) is 0 Å². The number of hydrogen-bond donors (Lipinski definition) is 0. The highest BCUT2D eigenvalue weighted by Crippen LogP contribution is 2.07. The van der Waals surface area contributed by atoms with E-state index in [4.69, 9.17) is 6.57 Å². The van der Waals surface area contributed by atoms with Crippen molar-refractivity contribution in [3.05, 3.63) is 30.4 Å². The van der Waals surface area contributed by atoms with Gasteiger partial charge in [-0.25, -0.2) is 4.85 Å². The smallest absolute Gasteiger partial charge is 0.224 e. The summed E-state index contributed by atoms with van der Waals surface area (Å²) in [5, 5.41) is 3.79. The first-order valence-electron chi connectivity index (χ1n) is 2.41. The van der Waals surface area contributed by atoms with Gasteiger partial charge in [0.25, 0.3) is 0 Å². The van der Waals surface area contributed by atoms with Crippen LogP contribution in [0, 0.1) is 6.57 Å². The van der Waals surface area contributed by atoms with Crippen molar-refractivity contribution in [3.63, 3.8) is 0 Å². The van der Waals surface area contributed by atoms with Gasteiger partial charge in [-0.15, -0.1) is 0 Å². The number of nitrogens with zero attached hydrogens (tertiary/aromatic N) is 3. The largest absolute Gasteiger partial charge is 0.260 e. The van der Waals surface area contributed by atoms with E-state index in [9.17, 15) is 0 Å². The first kappa shape index (κ1) is 5.57. The third kappa shape index (κ3) is 0.970. The molecule has 0 aromatic carbocycles. The van der Waals surface area contributed by atoms with E-state index in [1.54, 1.807) is 6.20 Å². The molecule has 3 nitrogen and oxygen atoms in total. The third-order valence-electron chi connectivity index (χ3n) is 0.904. The van der Waals surface area contributed by atoms with E-state index in [2.05, 4.69) is 16.5 Å². The van der Waals surface area contributed by atoms with Crippen LogP contribution >= 0.6 is 0 Å². The lowest BCUT2D eigenvalue weighted by Crippen LogP contribution is -1.81. The van der Waals surface area contributed by atoms with Crippen LogP contribution in [0.5, 0.6) is 0 Å². The van der Waals surface area contributed by atoms with Crippen molar-refractivity contribution in [2.24, 2.45) is 0 Å². The first-order valence-corrected chi connectivity index (χ1v) is 2.41. The fourth-order valence-corrected chi connectivity index (χ4v) is 0.486. The lowest BCUT2D eigenvalue weighted by Gasteiger charge is -1.82. The average molecular weight is 119 g/mol. The Labute approximate surface area is 53.0 Å². The van der Waals surface area contributed by atoms with Crippen LogP contribution in [0.4, 0.5) is 5.69 Å². The summed E-state index contributed by atoms with van der Waals surface area (Å²) in [4.78, 5) is 3.16. The molecule has 1 heterocycles. The van der Waals surface area contributed by atoms with Gasteiger partial charge in [0.1, 0.15) is 0 Å². The highest BCUT2D eigenvalue weighted by molar-refractivity contribution is 5.41. The van der Waals surface area contributed by atoms with Gasteiger partial charge < -0.3 is 0 Å². The van der Waals surface area contributed by atoms with Gasteiger partial charge in [0.15, 0.2) is 0 Å². The summed E-state index contributed by atoms with van der Waals surface area (Å²) < 4.78 is 1.49. The molecule has 44 valence electrons. The molecule has 3 heteroatoms. The zero-order valence-electron chi connectivity index (χ0n) is 4.78. The van der Waals surface area contributed by atoms with E-state index in [0.29, 0.717) is 5.69 Å². The molecule has 0 amide bonds. The van der Waals surface area contributed by atoms with Gasteiger partial charge in [-0.1, -0.05) is 6.58 Å². The Morgan fingerprint density at radius 3 is 3.00 bits per heavy atom. The molecule has 0 saturated carbocycles. The van der Waals surface area contributed by atoms with Crippen molar-refractivity contribution in [1.82, 2.24) is 9.78 Å². The maximum Gasteiger partial charge on any atom is 0.224 e. The van der Waals surface area contributed by atoms with Gasteiger partial charge in [0.2, 0.25) is 5.69 Å². The lowest BCUT2D eigenvalue weighted by atomic mass is 10.6. The van der Waals surface area contributed by atoms with Gasteiger partial charge in [-0.05, 0) is 0 Å². The minimum Gasteiger partial charge on any atom is -0.260 e. The monoisotopic (exact) mass is 119 g/mol. The molecule has 1 aromatic heterocycles. The SMILES string of the molecule is [C-]#[N+]c1cnn(C=C)c1. The van der Waals surface area contributed by atoms with E-state index < -0.39 is 0 Å². The van der Waals surface area contributed by atoms with Crippen LogP contribution in [0.1, 0.15) is 0 Å². The Kier molecular flexibility index (Phi) is 1.32. The molecule has 0 unspecified atom stereocenters. The average Bonchev–Trinajstić information content (AvgIpc) is 2.34. The minimum atomic E-state index is 0.537. The Balaban J connectivity index is 3.03. The first-order chi connectivity index (χ1) is 4.36. The maximum atomic E-state index is 6.57. The molecule has 1 rings (SSSR count). The summed E-state index contributed by atoms with van der Waals surface area (Å²) in [7, 11) is 0. The normalized spacial score (nSPS) is 8.33. The Hall–Kier alpha value is -1.56. The van der Waals surface area contributed by atoms with Gasteiger partial charge in [-0.2, -0.15) is 5.10 Å². The Morgan fingerprint density at radius 2 is 2.67 bits per heavy atom. The molecular formula is C6H5N3. The van der Waals surface area contributed by atoms with E-state index in [-0.39, 0.29) is 0 Å². The van der Waals surface area contributed by atoms with E-state index in [0.717, 1.165) is 0 Å². The summed E-state index contributed by atoms with van der Waals surface area (Å²) in [5.41, 5.74) is 0.537. The molecule has 0 radical (unpaired) electrons. The second-order valence-corrected chi connectivity index (χ2v) is 1.47. The predicted molar refractivity (Wildman–Crippen MR) is 34.9 cm³/mol. The van der Waals surface area contributed by atoms with Crippen molar-refractivity contribution in [2.75, 3.05) is 0 Å². The van der Waals surface area contributed by atoms with Crippen LogP contribution in [-0.2, 0) is 0 Å². The molecule has 0 saturated heterocycles. The topological polar surface area (TPSA) is 22.2 Å². The molecule has 0 N–H and O–H groups in total. The van der Waals surface area contributed by atoms with Crippen LogP contribution in [0.3, 0.4) is 0 Å². The second kappa shape index (κ2) is 2.14. The molecule has 0 aliphatic heterocycles. The molecule has 1 aromatic rings. The molecule has 9 heavy (non-hydrogen) atoms.